The average molecular weight is 337 g/mol. The third-order valence-electron chi connectivity index (χ3n) is 4.74. The van der Waals surface area contributed by atoms with Crippen LogP contribution in [0, 0.1) is 5.92 Å². The van der Waals surface area contributed by atoms with Crippen LogP contribution in [0.2, 0.25) is 0 Å². The van der Waals surface area contributed by atoms with E-state index in [-0.39, 0.29) is 36.3 Å². The van der Waals surface area contributed by atoms with Crippen molar-refractivity contribution in [1.82, 2.24) is 10.3 Å². The molecule has 1 fully saturated rings. The lowest BCUT2D eigenvalue weighted by atomic mass is 10.1. The molecule has 0 bridgehead atoms. The van der Waals surface area contributed by atoms with Crippen LogP contribution < -0.4 is 15.4 Å². The third-order valence-corrected chi connectivity index (χ3v) is 4.74. The molecule has 1 aromatic heterocycles. The van der Waals surface area contributed by atoms with E-state index in [2.05, 4.69) is 15.6 Å². The molecule has 6 heteroatoms. The maximum absolute atomic E-state index is 12.5. The minimum atomic E-state index is -0.168. The van der Waals surface area contributed by atoms with E-state index in [0.29, 0.717) is 11.4 Å². The Hall–Kier alpha value is -2.89. The maximum Gasteiger partial charge on any atom is 0.262 e. The van der Waals surface area contributed by atoms with Gasteiger partial charge in [-0.15, -0.1) is 0 Å². The number of benzene rings is 1. The van der Waals surface area contributed by atoms with Crippen molar-refractivity contribution in [2.45, 2.75) is 25.3 Å². The fraction of sp³-hybridized carbons (Fsp3) is 0.316. The Labute approximate surface area is 145 Å². The molecule has 0 unspecified atom stereocenters. The number of pyridine rings is 1. The van der Waals surface area contributed by atoms with Crippen LogP contribution in [0.5, 0.6) is 5.75 Å². The van der Waals surface area contributed by atoms with Crippen LogP contribution in [0.4, 0.5) is 5.69 Å². The zero-order valence-corrected chi connectivity index (χ0v) is 13.9. The Balaban J connectivity index is 1.41. The zero-order chi connectivity index (χ0) is 17.4. The molecule has 1 aliphatic carbocycles. The first-order valence-electron chi connectivity index (χ1n) is 8.38. The summed E-state index contributed by atoms with van der Waals surface area (Å²) in [5.41, 5.74) is 2.69. The van der Waals surface area contributed by atoms with E-state index < -0.39 is 0 Å². The standard InChI is InChI=1S/C19H19N3O3/c1-11(12-4-5-17-16(7-12)22-18(23)10-25-17)21-19(24)15-8-14(15)13-3-2-6-20-9-13/h2-7,9,11,14-15H,8,10H2,1H3,(H,21,24)(H,22,23)/t11-,14-,15-/m0/s1. The second-order valence-corrected chi connectivity index (χ2v) is 6.56. The molecular formula is C19H19N3O3. The van der Waals surface area contributed by atoms with E-state index in [1.807, 2.05) is 43.5 Å². The number of nitrogens with zero attached hydrogens (tertiary/aromatic N) is 1. The minimum absolute atomic E-state index is 0.00677. The van der Waals surface area contributed by atoms with Gasteiger partial charge in [0.25, 0.3) is 5.91 Å². The average Bonchev–Trinajstić information content (AvgIpc) is 3.42. The Morgan fingerprint density at radius 2 is 2.28 bits per heavy atom. The first kappa shape index (κ1) is 15.6. The molecule has 2 heterocycles. The maximum atomic E-state index is 12.5. The Morgan fingerprint density at radius 1 is 1.40 bits per heavy atom. The lowest BCUT2D eigenvalue weighted by molar-refractivity contribution is -0.123. The van der Waals surface area contributed by atoms with E-state index in [0.717, 1.165) is 17.5 Å². The van der Waals surface area contributed by atoms with Gasteiger partial charge < -0.3 is 15.4 Å². The van der Waals surface area contributed by atoms with Gasteiger partial charge in [-0.2, -0.15) is 0 Å². The molecule has 2 amide bonds. The summed E-state index contributed by atoms with van der Waals surface area (Å²) in [6, 6.07) is 9.35. The SMILES string of the molecule is C[C@H](NC(=O)[C@H]1C[C@H]1c1cccnc1)c1ccc2c(c1)NC(=O)CO2. The second kappa shape index (κ2) is 6.20. The van der Waals surface area contributed by atoms with Crippen molar-refractivity contribution >= 4 is 17.5 Å². The molecule has 2 aromatic rings. The lowest BCUT2D eigenvalue weighted by Gasteiger charge is -2.21. The molecule has 2 N–H and O–H groups in total. The largest absolute Gasteiger partial charge is 0.482 e. The third kappa shape index (κ3) is 3.20. The summed E-state index contributed by atoms with van der Waals surface area (Å²) in [4.78, 5) is 28.0. The first-order valence-corrected chi connectivity index (χ1v) is 8.38. The molecule has 4 rings (SSSR count). The number of hydrogen-bond donors (Lipinski definition) is 2. The van der Waals surface area contributed by atoms with E-state index in [4.69, 9.17) is 4.74 Å². The number of nitrogens with one attached hydrogen (secondary N) is 2. The summed E-state index contributed by atoms with van der Waals surface area (Å²) in [6.45, 7) is 1.97. The molecule has 6 nitrogen and oxygen atoms in total. The summed E-state index contributed by atoms with van der Waals surface area (Å²) >= 11 is 0. The number of fused-ring (bicyclic) bond motifs is 1. The number of amides is 2. The highest BCUT2D eigenvalue weighted by molar-refractivity contribution is 5.95. The molecule has 0 saturated heterocycles. The Morgan fingerprint density at radius 3 is 3.08 bits per heavy atom. The minimum Gasteiger partial charge on any atom is -0.482 e. The van der Waals surface area contributed by atoms with Crippen LogP contribution in [-0.2, 0) is 9.59 Å². The fourth-order valence-corrected chi connectivity index (χ4v) is 3.22. The van der Waals surface area contributed by atoms with Gasteiger partial charge in [0.2, 0.25) is 5.91 Å². The number of hydrogen-bond acceptors (Lipinski definition) is 4. The molecule has 1 saturated carbocycles. The summed E-state index contributed by atoms with van der Waals surface area (Å²) in [7, 11) is 0. The van der Waals surface area contributed by atoms with Crippen molar-refractivity contribution in [2.75, 3.05) is 11.9 Å². The Kier molecular flexibility index (Phi) is 3.87. The molecule has 1 aromatic carbocycles. The normalized spacial score (nSPS) is 22.2. The summed E-state index contributed by atoms with van der Waals surface area (Å²) in [6.07, 6.45) is 4.42. The number of anilines is 1. The van der Waals surface area contributed by atoms with Crippen molar-refractivity contribution in [1.29, 1.82) is 0 Å². The number of aromatic nitrogens is 1. The number of carbonyl (C=O) groups is 2. The molecule has 3 atom stereocenters. The van der Waals surface area contributed by atoms with Crippen LogP contribution in [0.3, 0.4) is 0 Å². The highest BCUT2D eigenvalue weighted by Gasteiger charge is 2.44. The second-order valence-electron chi connectivity index (χ2n) is 6.56. The smallest absolute Gasteiger partial charge is 0.262 e. The van der Waals surface area contributed by atoms with Gasteiger partial charge in [0.05, 0.1) is 11.7 Å². The lowest BCUT2D eigenvalue weighted by Crippen LogP contribution is -2.29. The van der Waals surface area contributed by atoms with Crippen molar-refractivity contribution in [3.63, 3.8) is 0 Å². The van der Waals surface area contributed by atoms with Crippen LogP contribution in [0.15, 0.2) is 42.7 Å². The number of ether oxygens (including phenoxy) is 1. The molecule has 25 heavy (non-hydrogen) atoms. The molecule has 0 radical (unpaired) electrons. The van der Waals surface area contributed by atoms with Gasteiger partial charge in [0, 0.05) is 18.3 Å². The summed E-state index contributed by atoms with van der Waals surface area (Å²) in [5.74, 6) is 0.808. The summed E-state index contributed by atoms with van der Waals surface area (Å²) < 4.78 is 5.36. The van der Waals surface area contributed by atoms with Crippen molar-refractivity contribution in [3.05, 3.63) is 53.9 Å². The highest BCUT2D eigenvalue weighted by Crippen LogP contribution is 2.47. The van der Waals surface area contributed by atoms with Gasteiger partial charge in [-0.1, -0.05) is 12.1 Å². The van der Waals surface area contributed by atoms with Crippen LogP contribution >= 0.6 is 0 Å². The first-order chi connectivity index (χ1) is 12.1. The molecular weight excluding hydrogens is 318 g/mol. The van der Waals surface area contributed by atoms with Gasteiger partial charge in [0.15, 0.2) is 6.61 Å². The molecule has 128 valence electrons. The predicted molar refractivity (Wildman–Crippen MR) is 92.2 cm³/mol. The zero-order valence-electron chi connectivity index (χ0n) is 13.9. The van der Waals surface area contributed by atoms with Crippen LogP contribution in [0.1, 0.15) is 36.4 Å². The highest BCUT2D eigenvalue weighted by atomic mass is 16.5. The topological polar surface area (TPSA) is 80.3 Å². The summed E-state index contributed by atoms with van der Waals surface area (Å²) in [5, 5.41) is 5.85. The Bertz CT molecular complexity index is 822. The van der Waals surface area contributed by atoms with E-state index in [1.54, 1.807) is 6.20 Å². The molecule has 1 aliphatic heterocycles. The van der Waals surface area contributed by atoms with E-state index in [9.17, 15) is 9.59 Å². The van der Waals surface area contributed by atoms with Crippen molar-refractivity contribution < 1.29 is 14.3 Å². The van der Waals surface area contributed by atoms with E-state index in [1.165, 1.54) is 0 Å². The van der Waals surface area contributed by atoms with Crippen LogP contribution in [0.25, 0.3) is 0 Å². The van der Waals surface area contributed by atoms with Gasteiger partial charge in [-0.05, 0) is 48.6 Å². The molecule has 0 spiro atoms. The fourth-order valence-electron chi connectivity index (χ4n) is 3.22. The number of rotatable bonds is 4. The van der Waals surface area contributed by atoms with Gasteiger partial charge in [-0.25, -0.2) is 0 Å². The van der Waals surface area contributed by atoms with Crippen molar-refractivity contribution in [3.8, 4) is 5.75 Å². The van der Waals surface area contributed by atoms with Gasteiger partial charge >= 0.3 is 0 Å². The molecule has 2 aliphatic rings. The van der Waals surface area contributed by atoms with Crippen LogP contribution in [-0.4, -0.2) is 23.4 Å². The monoisotopic (exact) mass is 337 g/mol. The van der Waals surface area contributed by atoms with E-state index >= 15 is 0 Å². The van der Waals surface area contributed by atoms with Gasteiger partial charge in [-0.3, -0.25) is 14.6 Å². The quantitative estimate of drug-likeness (QED) is 0.898. The number of carbonyl (C=O) groups excluding carboxylic acids is 2. The van der Waals surface area contributed by atoms with Gasteiger partial charge in [0.1, 0.15) is 5.75 Å². The van der Waals surface area contributed by atoms with Crippen molar-refractivity contribution in [2.24, 2.45) is 5.92 Å². The predicted octanol–water partition coefficient (Wildman–Crippen LogP) is 2.39.